The fraction of sp³-hybridized carbons (Fsp3) is 0.588. The molecule has 0 heterocycles. The SMILES string of the molecule is CCNC(=NCc1cccc(N(C)C)c1)NCC(C)(C)OC.I. The molecule has 0 saturated heterocycles. The Bertz CT molecular complexity index is 489. The van der Waals surface area contributed by atoms with Gasteiger partial charge in [0.25, 0.3) is 0 Å². The molecule has 0 atom stereocenters. The van der Waals surface area contributed by atoms with Crippen molar-refractivity contribution >= 4 is 35.6 Å². The number of hydrogen-bond donors (Lipinski definition) is 2. The van der Waals surface area contributed by atoms with E-state index in [1.54, 1.807) is 7.11 Å². The van der Waals surface area contributed by atoms with Crippen molar-refractivity contribution in [1.29, 1.82) is 0 Å². The Balaban J connectivity index is 0.00000484. The van der Waals surface area contributed by atoms with Gasteiger partial charge in [0, 0.05) is 40.0 Å². The lowest BCUT2D eigenvalue weighted by Crippen LogP contribution is -2.45. The Morgan fingerprint density at radius 1 is 1.26 bits per heavy atom. The number of anilines is 1. The van der Waals surface area contributed by atoms with Gasteiger partial charge in [-0.25, -0.2) is 4.99 Å². The fourth-order valence-electron chi connectivity index (χ4n) is 1.81. The number of nitrogens with one attached hydrogen (secondary N) is 2. The average Bonchev–Trinajstić information content (AvgIpc) is 2.50. The molecule has 23 heavy (non-hydrogen) atoms. The monoisotopic (exact) mass is 434 g/mol. The zero-order valence-corrected chi connectivity index (χ0v) is 17.5. The summed E-state index contributed by atoms with van der Waals surface area (Å²) in [6.45, 7) is 8.33. The van der Waals surface area contributed by atoms with E-state index in [0.717, 1.165) is 12.5 Å². The third-order valence-electron chi connectivity index (χ3n) is 3.43. The minimum Gasteiger partial charge on any atom is -0.378 e. The van der Waals surface area contributed by atoms with Crippen molar-refractivity contribution in [1.82, 2.24) is 10.6 Å². The maximum Gasteiger partial charge on any atom is 0.191 e. The van der Waals surface area contributed by atoms with E-state index in [4.69, 9.17) is 4.74 Å². The van der Waals surface area contributed by atoms with E-state index in [0.29, 0.717) is 13.1 Å². The summed E-state index contributed by atoms with van der Waals surface area (Å²) in [5.74, 6) is 0.808. The fourth-order valence-corrected chi connectivity index (χ4v) is 1.81. The zero-order chi connectivity index (χ0) is 16.6. The van der Waals surface area contributed by atoms with Crippen LogP contribution in [0.4, 0.5) is 5.69 Å². The topological polar surface area (TPSA) is 48.9 Å². The summed E-state index contributed by atoms with van der Waals surface area (Å²) in [6, 6.07) is 8.41. The number of hydrogen-bond acceptors (Lipinski definition) is 3. The lowest BCUT2D eigenvalue weighted by molar-refractivity contribution is 0.0268. The molecule has 0 saturated carbocycles. The zero-order valence-electron chi connectivity index (χ0n) is 15.1. The summed E-state index contributed by atoms with van der Waals surface area (Å²) < 4.78 is 5.42. The molecule has 0 aliphatic carbocycles. The van der Waals surface area contributed by atoms with Crippen molar-refractivity contribution in [3.8, 4) is 0 Å². The maximum atomic E-state index is 5.42. The van der Waals surface area contributed by atoms with Gasteiger partial charge in [-0.15, -0.1) is 24.0 Å². The van der Waals surface area contributed by atoms with E-state index in [1.165, 1.54) is 11.3 Å². The summed E-state index contributed by atoms with van der Waals surface area (Å²) in [4.78, 5) is 6.74. The highest BCUT2D eigenvalue weighted by atomic mass is 127. The van der Waals surface area contributed by atoms with Crippen LogP contribution in [0.3, 0.4) is 0 Å². The van der Waals surface area contributed by atoms with Crippen LogP contribution in [-0.2, 0) is 11.3 Å². The molecule has 1 rings (SSSR count). The molecular weight excluding hydrogens is 403 g/mol. The van der Waals surface area contributed by atoms with Crippen molar-refractivity contribution in [3.63, 3.8) is 0 Å². The van der Waals surface area contributed by atoms with Crippen LogP contribution in [0, 0.1) is 0 Å². The Kier molecular flexibility index (Phi) is 10.2. The van der Waals surface area contributed by atoms with Crippen LogP contribution in [0.1, 0.15) is 26.3 Å². The first-order chi connectivity index (χ1) is 10.4. The molecule has 0 bridgehead atoms. The largest absolute Gasteiger partial charge is 0.378 e. The van der Waals surface area contributed by atoms with Gasteiger partial charge in [-0.2, -0.15) is 0 Å². The minimum atomic E-state index is -0.221. The number of guanidine groups is 1. The Labute approximate surface area is 157 Å². The molecule has 2 N–H and O–H groups in total. The van der Waals surface area contributed by atoms with E-state index < -0.39 is 0 Å². The van der Waals surface area contributed by atoms with Gasteiger partial charge in [0.05, 0.1) is 12.1 Å². The van der Waals surface area contributed by atoms with Gasteiger partial charge in [0.2, 0.25) is 0 Å². The van der Waals surface area contributed by atoms with Crippen LogP contribution in [0.5, 0.6) is 0 Å². The maximum absolute atomic E-state index is 5.42. The quantitative estimate of drug-likeness (QED) is 0.394. The number of nitrogens with zero attached hydrogens (tertiary/aromatic N) is 2. The predicted octanol–water partition coefficient (Wildman–Crippen LogP) is 2.85. The van der Waals surface area contributed by atoms with Crippen molar-refractivity contribution < 1.29 is 4.74 Å². The Morgan fingerprint density at radius 2 is 1.96 bits per heavy atom. The van der Waals surface area contributed by atoms with E-state index >= 15 is 0 Å². The lowest BCUT2D eigenvalue weighted by Gasteiger charge is -2.24. The molecule has 0 aromatic heterocycles. The molecule has 0 unspecified atom stereocenters. The van der Waals surface area contributed by atoms with Crippen LogP contribution in [-0.4, -0.2) is 45.9 Å². The summed E-state index contributed by atoms with van der Waals surface area (Å²) in [5, 5.41) is 6.58. The van der Waals surface area contributed by atoms with E-state index in [2.05, 4.69) is 51.7 Å². The molecule has 5 nitrogen and oxygen atoms in total. The first-order valence-corrected chi connectivity index (χ1v) is 7.71. The lowest BCUT2D eigenvalue weighted by atomic mass is 10.1. The molecule has 0 fully saturated rings. The van der Waals surface area contributed by atoms with Crippen LogP contribution in [0.15, 0.2) is 29.3 Å². The summed E-state index contributed by atoms with van der Waals surface area (Å²) >= 11 is 0. The van der Waals surface area contributed by atoms with Crippen LogP contribution < -0.4 is 15.5 Å². The molecule has 0 aliphatic rings. The standard InChI is InChI=1S/C17H30N4O.HI/c1-7-18-16(20-13-17(2,3)22-6)19-12-14-9-8-10-15(11-14)21(4)5;/h8-11H,7,12-13H2,1-6H3,(H2,18,19,20);1H. The number of methoxy groups -OCH3 is 1. The Hall–Kier alpha value is -1.02. The van der Waals surface area contributed by atoms with E-state index in [1.807, 2.05) is 27.9 Å². The predicted molar refractivity (Wildman–Crippen MR) is 110 cm³/mol. The van der Waals surface area contributed by atoms with Gasteiger partial charge < -0.3 is 20.3 Å². The minimum absolute atomic E-state index is 0. The van der Waals surface area contributed by atoms with Gasteiger partial charge in [0.15, 0.2) is 5.96 Å². The third-order valence-corrected chi connectivity index (χ3v) is 3.43. The highest BCUT2D eigenvalue weighted by Gasteiger charge is 2.16. The average molecular weight is 434 g/mol. The Morgan fingerprint density at radius 3 is 2.52 bits per heavy atom. The number of aliphatic imine (C=N–C) groups is 1. The normalized spacial score (nSPS) is 11.7. The van der Waals surface area contributed by atoms with Crippen LogP contribution in [0.2, 0.25) is 0 Å². The number of ether oxygens (including phenoxy) is 1. The van der Waals surface area contributed by atoms with Gasteiger partial charge in [0.1, 0.15) is 0 Å². The molecule has 1 aromatic carbocycles. The smallest absolute Gasteiger partial charge is 0.191 e. The van der Waals surface area contributed by atoms with E-state index in [-0.39, 0.29) is 29.6 Å². The first kappa shape index (κ1) is 22.0. The second-order valence-electron chi connectivity index (χ2n) is 6.08. The molecule has 0 spiro atoms. The molecule has 0 radical (unpaired) electrons. The van der Waals surface area contributed by atoms with Crippen LogP contribution >= 0.6 is 24.0 Å². The summed E-state index contributed by atoms with van der Waals surface area (Å²) in [7, 11) is 5.81. The first-order valence-electron chi connectivity index (χ1n) is 7.71. The number of rotatable bonds is 7. The number of benzene rings is 1. The van der Waals surface area contributed by atoms with Crippen molar-refractivity contribution in [2.24, 2.45) is 4.99 Å². The van der Waals surface area contributed by atoms with Gasteiger partial charge in [-0.3, -0.25) is 0 Å². The van der Waals surface area contributed by atoms with Crippen molar-refractivity contribution in [3.05, 3.63) is 29.8 Å². The second-order valence-corrected chi connectivity index (χ2v) is 6.08. The molecule has 1 aromatic rings. The van der Waals surface area contributed by atoms with Gasteiger partial charge >= 0.3 is 0 Å². The molecule has 0 aliphatic heterocycles. The second kappa shape index (κ2) is 10.7. The van der Waals surface area contributed by atoms with Crippen molar-refractivity contribution in [2.45, 2.75) is 32.9 Å². The summed E-state index contributed by atoms with van der Waals surface area (Å²) in [6.07, 6.45) is 0. The summed E-state index contributed by atoms with van der Waals surface area (Å²) in [5.41, 5.74) is 2.15. The third kappa shape index (κ3) is 8.41. The molecular formula is C17H31IN4O. The van der Waals surface area contributed by atoms with E-state index in [9.17, 15) is 0 Å². The molecule has 132 valence electrons. The highest BCUT2D eigenvalue weighted by Crippen LogP contribution is 2.14. The highest BCUT2D eigenvalue weighted by molar-refractivity contribution is 14.0. The van der Waals surface area contributed by atoms with Crippen molar-refractivity contribution in [2.75, 3.05) is 39.2 Å². The number of halogens is 1. The molecule has 0 amide bonds. The molecule has 6 heteroatoms. The van der Waals surface area contributed by atoms with Crippen LogP contribution in [0.25, 0.3) is 0 Å². The van der Waals surface area contributed by atoms with Gasteiger partial charge in [-0.1, -0.05) is 12.1 Å². The van der Waals surface area contributed by atoms with Gasteiger partial charge in [-0.05, 0) is 38.5 Å².